The predicted octanol–water partition coefficient (Wildman–Crippen LogP) is 3.84. The number of hydrogen-bond acceptors (Lipinski definition) is 2. The van der Waals surface area contributed by atoms with Crippen LogP contribution < -0.4 is 0 Å². The van der Waals surface area contributed by atoms with Gasteiger partial charge in [0.05, 0.1) is 23.4 Å². The highest BCUT2D eigenvalue weighted by Crippen LogP contribution is 2.29. The van der Waals surface area contributed by atoms with Crippen LogP contribution in [0, 0.1) is 12.7 Å². The first-order valence-electron chi connectivity index (χ1n) is 7.40. The smallest absolute Gasteiger partial charge is 0.123 e. The Balaban J connectivity index is 1.89. The van der Waals surface area contributed by atoms with Gasteiger partial charge in [0.15, 0.2) is 0 Å². The van der Waals surface area contributed by atoms with E-state index in [-0.39, 0.29) is 11.9 Å². The standard InChI is InChI=1S/C18H15FN4/c1-12-21-16-6-5-14(10-17(16)22-12)18(23-8-7-20-11-23)13-3-2-4-15(19)9-13/h2-11,18H,1H3,(H,21,22). The summed E-state index contributed by atoms with van der Waals surface area (Å²) in [5, 5.41) is 0. The Morgan fingerprint density at radius 2 is 2.00 bits per heavy atom. The van der Waals surface area contributed by atoms with E-state index in [0.717, 1.165) is 28.0 Å². The molecule has 23 heavy (non-hydrogen) atoms. The zero-order valence-electron chi connectivity index (χ0n) is 12.6. The van der Waals surface area contributed by atoms with E-state index in [4.69, 9.17) is 0 Å². The Labute approximate surface area is 132 Å². The first-order valence-corrected chi connectivity index (χ1v) is 7.40. The SMILES string of the molecule is Cc1nc2cc(C(c3cccc(F)c3)n3ccnc3)ccc2[nH]1. The van der Waals surface area contributed by atoms with E-state index in [1.807, 2.05) is 42.0 Å². The highest BCUT2D eigenvalue weighted by Gasteiger charge is 2.17. The predicted molar refractivity (Wildman–Crippen MR) is 86.7 cm³/mol. The van der Waals surface area contributed by atoms with E-state index in [9.17, 15) is 4.39 Å². The molecule has 2 heterocycles. The molecule has 0 aliphatic heterocycles. The molecule has 4 nitrogen and oxygen atoms in total. The summed E-state index contributed by atoms with van der Waals surface area (Å²) in [6.07, 6.45) is 5.36. The largest absolute Gasteiger partial charge is 0.342 e. The number of rotatable bonds is 3. The van der Waals surface area contributed by atoms with Crippen molar-refractivity contribution in [1.82, 2.24) is 19.5 Å². The second kappa shape index (κ2) is 5.35. The maximum Gasteiger partial charge on any atom is 0.123 e. The second-order valence-electron chi connectivity index (χ2n) is 5.57. The Kier molecular flexibility index (Phi) is 3.19. The van der Waals surface area contributed by atoms with Crippen molar-refractivity contribution in [2.24, 2.45) is 0 Å². The lowest BCUT2D eigenvalue weighted by molar-refractivity contribution is 0.615. The average molecular weight is 306 g/mol. The quantitative estimate of drug-likeness (QED) is 0.625. The molecule has 0 saturated heterocycles. The van der Waals surface area contributed by atoms with Gasteiger partial charge in [0.25, 0.3) is 0 Å². The minimum absolute atomic E-state index is 0.144. The molecule has 2 aromatic carbocycles. The Morgan fingerprint density at radius 1 is 1.13 bits per heavy atom. The highest BCUT2D eigenvalue weighted by atomic mass is 19.1. The van der Waals surface area contributed by atoms with Gasteiger partial charge in [-0.2, -0.15) is 0 Å². The summed E-state index contributed by atoms with van der Waals surface area (Å²) in [7, 11) is 0. The molecule has 0 amide bonds. The average Bonchev–Trinajstić information content (AvgIpc) is 3.16. The number of nitrogens with zero attached hydrogens (tertiary/aromatic N) is 3. The first kappa shape index (κ1) is 13.7. The lowest BCUT2D eigenvalue weighted by Gasteiger charge is -2.19. The third-order valence-corrected chi connectivity index (χ3v) is 3.93. The third-order valence-electron chi connectivity index (χ3n) is 3.93. The summed E-state index contributed by atoms with van der Waals surface area (Å²) < 4.78 is 15.7. The minimum atomic E-state index is -0.246. The molecule has 0 aliphatic rings. The number of aryl methyl sites for hydroxylation is 1. The molecule has 4 aromatic rings. The van der Waals surface area contributed by atoms with Crippen LogP contribution in [0.5, 0.6) is 0 Å². The molecule has 5 heteroatoms. The van der Waals surface area contributed by atoms with Crippen LogP contribution in [0.4, 0.5) is 4.39 Å². The van der Waals surface area contributed by atoms with Crippen molar-refractivity contribution >= 4 is 11.0 Å². The zero-order chi connectivity index (χ0) is 15.8. The van der Waals surface area contributed by atoms with Gasteiger partial charge in [-0.05, 0) is 42.3 Å². The van der Waals surface area contributed by atoms with Crippen LogP contribution in [0.2, 0.25) is 0 Å². The molecule has 4 rings (SSSR count). The van der Waals surface area contributed by atoms with Crippen LogP contribution in [0.15, 0.2) is 61.2 Å². The lowest BCUT2D eigenvalue weighted by atomic mass is 9.98. The Bertz CT molecular complexity index is 956. The molecule has 0 spiro atoms. The number of aromatic nitrogens is 4. The number of nitrogens with one attached hydrogen (secondary N) is 1. The summed E-state index contributed by atoms with van der Waals surface area (Å²) in [4.78, 5) is 11.8. The molecule has 0 aliphatic carbocycles. The first-order chi connectivity index (χ1) is 11.2. The summed E-state index contributed by atoms with van der Waals surface area (Å²) in [5.74, 6) is 0.631. The number of fused-ring (bicyclic) bond motifs is 1. The van der Waals surface area contributed by atoms with Gasteiger partial charge in [0.1, 0.15) is 11.6 Å². The van der Waals surface area contributed by atoms with Crippen molar-refractivity contribution in [3.05, 3.63) is 84.0 Å². The van der Waals surface area contributed by atoms with Crippen molar-refractivity contribution < 1.29 is 4.39 Å². The fraction of sp³-hybridized carbons (Fsp3) is 0.111. The number of benzene rings is 2. The van der Waals surface area contributed by atoms with Gasteiger partial charge in [0, 0.05) is 12.4 Å². The van der Waals surface area contributed by atoms with Crippen molar-refractivity contribution in [3.63, 3.8) is 0 Å². The molecule has 0 bridgehead atoms. The number of aromatic amines is 1. The minimum Gasteiger partial charge on any atom is -0.342 e. The molecule has 1 N–H and O–H groups in total. The normalized spacial score (nSPS) is 12.6. The second-order valence-corrected chi connectivity index (χ2v) is 5.57. The van der Waals surface area contributed by atoms with Crippen LogP contribution in [-0.4, -0.2) is 19.5 Å². The van der Waals surface area contributed by atoms with Gasteiger partial charge < -0.3 is 9.55 Å². The van der Waals surface area contributed by atoms with E-state index in [0.29, 0.717) is 0 Å². The van der Waals surface area contributed by atoms with Crippen molar-refractivity contribution in [2.75, 3.05) is 0 Å². The zero-order valence-corrected chi connectivity index (χ0v) is 12.6. The summed E-state index contributed by atoms with van der Waals surface area (Å²) in [6, 6.07) is 12.6. The number of hydrogen-bond donors (Lipinski definition) is 1. The lowest BCUT2D eigenvalue weighted by Crippen LogP contribution is -2.10. The maximum absolute atomic E-state index is 13.7. The highest BCUT2D eigenvalue weighted by molar-refractivity contribution is 5.76. The monoisotopic (exact) mass is 306 g/mol. The van der Waals surface area contributed by atoms with Gasteiger partial charge in [0.2, 0.25) is 0 Å². The number of H-pyrrole nitrogens is 1. The molecule has 2 aromatic heterocycles. The fourth-order valence-corrected chi connectivity index (χ4v) is 2.96. The van der Waals surface area contributed by atoms with Crippen LogP contribution in [0.25, 0.3) is 11.0 Å². The van der Waals surface area contributed by atoms with Crippen molar-refractivity contribution in [3.8, 4) is 0 Å². The van der Waals surface area contributed by atoms with Gasteiger partial charge in [-0.1, -0.05) is 18.2 Å². The van der Waals surface area contributed by atoms with Crippen LogP contribution in [0.1, 0.15) is 23.0 Å². The van der Waals surface area contributed by atoms with Crippen LogP contribution >= 0.6 is 0 Å². The van der Waals surface area contributed by atoms with E-state index in [1.54, 1.807) is 24.7 Å². The molecular weight excluding hydrogens is 291 g/mol. The number of halogens is 1. The third kappa shape index (κ3) is 2.50. The topological polar surface area (TPSA) is 46.5 Å². The molecule has 0 radical (unpaired) electrons. The van der Waals surface area contributed by atoms with Crippen LogP contribution in [-0.2, 0) is 0 Å². The Morgan fingerprint density at radius 3 is 2.78 bits per heavy atom. The van der Waals surface area contributed by atoms with Gasteiger partial charge >= 0.3 is 0 Å². The van der Waals surface area contributed by atoms with Gasteiger partial charge in [-0.15, -0.1) is 0 Å². The molecular formula is C18H15FN4. The van der Waals surface area contributed by atoms with E-state index >= 15 is 0 Å². The fourth-order valence-electron chi connectivity index (χ4n) is 2.96. The van der Waals surface area contributed by atoms with Gasteiger partial charge in [-0.3, -0.25) is 0 Å². The Hall–Kier alpha value is -2.95. The molecule has 1 unspecified atom stereocenters. The van der Waals surface area contributed by atoms with Crippen LogP contribution in [0.3, 0.4) is 0 Å². The summed E-state index contributed by atoms with van der Waals surface area (Å²) >= 11 is 0. The van der Waals surface area contributed by atoms with E-state index in [2.05, 4.69) is 15.0 Å². The molecule has 0 saturated carbocycles. The maximum atomic E-state index is 13.7. The molecule has 114 valence electrons. The van der Waals surface area contributed by atoms with E-state index in [1.165, 1.54) is 6.07 Å². The summed E-state index contributed by atoms with van der Waals surface area (Å²) in [6.45, 7) is 1.93. The van der Waals surface area contributed by atoms with Crippen molar-refractivity contribution in [1.29, 1.82) is 0 Å². The molecule has 1 atom stereocenters. The molecule has 0 fully saturated rings. The van der Waals surface area contributed by atoms with E-state index < -0.39 is 0 Å². The summed E-state index contributed by atoms with van der Waals surface area (Å²) in [5.41, 5.74) is 3.80. The van der Waals surface area contributed by atoms with Gasteiger partial charge in [-0.25, -0.2) is 14.4 Å². The number of imidazole rings is 2. The van der Waals surface area contributed by atoms with Crippen molar-refractivity contribution in [2.45, 2.75) is 13.0 Å².